The number of tetrazole rings is 1. The third kappa shape index (κ3) is 3.51. The zero-order valence-corrected chi connectivity index (χ0v) is 9.88. The summed E-state index contributed by atoms with van der Waals surface area (Å²) in [4.78, 5) is 10.5. The van der Waals surface area contributed by atoms with E-state index in [1.807, 2.05) is 0 Å². The Morgan fingerprint density at radius 1 is 1.35 bits per heavy atom. The molecule has 6 nitrogen and oxygen atoms in total. The van der Waals surface area contributed by atoms with E-state index in [4.69, 9.17) is 5.11 Å². The monoisotopic (exact) mass is 238 g/mol. The number of hydrogen-bond donors (Lipinski definition) is 1. The van der Waals surface area contributed by atoms with E-state index in [9.17, 15) is 4.79 Å². The van der Waals surface area contributed by atoms with Crippen LogP contribution in [0.1, 0.15) is 44.3 Å². The van der Waals surface area contributed by atoms with E-state index in [-0.39, 0.29) is 6.42 Å². The van der Waals surface area contributed by atoms with Gasteiger partial charge in [-0.15, -0.1) is 5.10 Å². The molecule has 1 heterocycles. The van der Waals surface area contributed by atoms with Gasteiger partial charge in [0, 0.05) is 13.0 Å². The Kier molecular flexibility index (Phi) is 4.06. The van der Waals surface area contributed by atoms with Crippen LogP contribution in [0.15, 0.2) is 0 Å². The number of carboxylic acids is 1. The Balaban J connectivity index is 1.91. The summed E-state index contributed by atoms with van der Waals surface area (Å²) in [5, 5.41) is 20.1. The third-order valence-electron chi connectivity index (χ3n) is 3.32. The first-order valence-electron chi connectivity index (χ1n) is 6.22. The van der Waals surface area contributed by atoms with Crippen molar-refractivity contribution in [3.05, 3.63) is 5.82 Å². The van der Waals surface area contributed by atoms with E-state index in [1.165, 1.54) is 32.1 Å². The van der Waals surface area contributed by atoms with E-state index in [0.29, 0.717) is 18.2 Å². The lowest BCUT2D eigenvalue weighted by Gasteiger charge is -2.21. The van der Waals surface area contributed by atoms with Crippen LogP contribution in [0.3, 0.4) is 0 Å². The van der Waals surface area contributed by atoms with Gasteiger partial charge in [0.05, 0.1) is 6.42 Å². The molecule has 0 saturated heterocycles. The predicted octanol–water partition coefficient (Wildman–Crippen LogP) is 1.27. The van der Waals surface area contributed by atoms with Crippen LogP contribution in [0.2, 0.25) is 0 Å². The number of nitrogens with zero attached hydrogens (tertiary/aromatic N) is 4. The van der Waals surface area contributed by atoms with Crippen molar-refractivity contribution in [2.75, 3.05) is 0 Å². The smallest absolute Gasteiger partial charge is 0.303 e. The Morgan fingerprint density at radius 2 is 2.12 bits per heavy atom. The average molecular weight is 238 g/mol. The minimum Gasteiger partial charge on any atom is -0.481 e. The Bertz CT molecular complexity index is 371. The maximum atomic E-state index is 10.5. The maximum Gasteiger partial charge on any atom is 0.303 e. The van der Waals surface area contributed by atoms with Crippen LogP contribution in [0, 0.1) is 5.92 Å². The number of carbonyl (C=O) groups is 1. The van der Waals surface area contributed by atoms with Crippen molar-refractivity contribution in [3.8, 4) is 0 Å². The largest absolute Gasteiger partial charge is 0.481 e. The Hall–Kier alpha value is -1.46. The second-order valence-corrected chi connectivity index (χ2v) is 4.67. The normalized spacial score (nSPS) is 17.2. The molecule has 0 aliphatic heterocycles. The second kappa shape index (κ2) is 5.75. The molecule has 0 radical (unpaired) electrons. The Morgan fingerprint density at radius 3 is 2.82 bits per heavy atom. The summed E-state index contributed by atoms with van der Waals surface area (Å²) in [6, 6.07) is 0. The van der Waals surface area contributed by atoms with Crippen LogP contribution in [0.25, 0.3) is 0 Å². The standard InChI is InChI=1S/C11H18N4O2/c16-11(17)7-6-10-12-13-14-15(10)8-9-4-2-1-3-5-9/h9H,1-8H2,(H,16,17). The van der Waals surface area contributed by atoms with Gasteiger partial charge in [-0.1, -0.05) is 19.3 Å². The highest BCUT2D eigenvalue weighted by Gasteiger charge is 2.17. The van der Waals surface area contributed by atoms with Crippen molar-refractivity contribution in [3.63, 3.8) is 0 Å². The lowest BCUT2D eigenvalue weighted by atomic mass is 9.89. The molecule has 1 saturated carbocycles. The SMILES string of the molecule is O=C(O)CCc1nnnn1CC1CCCCC1. The van der Waals surface area contributed by atoms with E-state index in [2.05, 4.69) is 15.5 Å². The van der Waals surface area contributed by atoms with Gasteiger partial charge in [0.25, 0.3) is 0 Å². The lowest BCUT2D eigenvalue weighted by Crippen LogP contribution is -2.17. The van der Waals surface area contributed by atoms with Crippen molar-refractivity contribution < 1.29 is 9.90 Å². The molecule has 6 heteroatoms. The van der Waals surface area contributed by atoms with E-state index in [0.717, 1.165) is 6.54 Å². The molecule has 1 fully saturated rings. The fourth-order valence-corrected chi connectivity index (χ4v) is 2.38. The van der Waals surface area contributed by atoms with Crippen molar-refractivity contribution in [1.82, 2.24) is 20.2 Å². The number of carboxylic acid groups (broad SMARTS) is 1. The topological polar surface area (TPSA) is 80.9 Å². The van der Waals surface area contributed by atoms with E-state index < -0.39 is 5.97 Å². The first kappa shape index (κ1) is 12.0. The fourth-order valence-electron chi connectivity index (χ4n) is 2.38. The number of rotatable bonds is 5. The minimum absolute atomic E-state index is 0.0883. The van der Waals surface area contributed by atoms with E-state index >= 15 is 0 Å². The third-order valence-corrected chi connectivity index (χ3v) is 3.32. The van der Waals surface area contributed by atoms with Gasteiger partial charge in [0.15, 0.2) is 5.82 Å². The summed E-state index contributed by atoms with van der Waals surface area (Å²) in [6.45, 7) is 0.835. The zero-order chi connectivity index (χ0) is 12.1. The number of aryl methyl sites for hydroxylation is 1. The van der Waals surface area contributed by atoms with Crippen LogP contribution >= 0.6 is 0 Å². The summed E-state index contributed by atoms with van der Waals surface area (Å²) in [7, 11) is 0. The van der Waals surface area contributed by atoms with Crippen LogP contribution in [-0.2, 0) is 17.8 Å². The van der Waals surface area contributed by atoms with Gasteiger partial charge >= 0.3 is 5.97 Å². The fraction of sp³-hybridized carbons (Fsp3) is 0.818. The van der Waals surface area contributed by atoms with Crippen molar-refractivity contribution in [2.24, 2.45) is 5.92 Å². The molecular formula is C11H18N4O2. The van der Waals surface area contributed by atoms with Crippen molar-refractivity contribution in [1.29, 1.82) is 0 Å². The molecule has 0 aromatic carbocycles. The molecule has 0 atom stereocenters. The van der Waals surface area contributed by atoms with Gasteiger partial charge in [-0.05, 0) is 29.2 Å². The minimum atomic E-state index is -0.808. The van der Waals surface area contributed by atoms with E-state index in [1.54, 1.807) is 4.68 Å². The molecule has 94 valence electrons. The van der Waals surface area contributed by atoms with Crippen LogP contribution in [0.5, 0.6) is 0 Å². The quantitative estimate of drug-likeness (QED) is 0.835. The highest BCUT2D eigenvalue weighted by molar-refractivity contribution is 5.66. The highest BCUT2D eigenvalue weighted by atomic mass is 16.4. The van der Waals surface area contributed by atoms with Crippen molar-refractivity contribution >= 4 is 5.97 Å². The number of aromatic nitrogens is 4. The van der Waals surface area contributed by atoms with Gasteiger partial charge in [-0.2, -0.15) is 0 Å². The first-order valence-corrected chi connectivity index (χ1v) is 6.22. The molecule has 17 heavy (non-hydrogen) atoms. The van der Waals surface area contributed by atoms with Gasteiger partial charge < -0.3 is 5.11 Å². The van der Waals surface area contributed by atoms with Crippen LogP contribution in [0.4, 0.5) is 0 Å². The molecule has 0 spiro atoms. The predicted molar refractivity (Wildman–Crippen MR) is 60.3 cm³/mol. The molecule has 1 aromatic rings. The molecule has 1 aliphatic rings. The van der Waals surface area contributed by atoms with Crippen molar-refractivity contribution in [2.45, 2.75) is 51.5 Å². The molecule has 1 aliphatic carbocycles. The second-order valence-electron chi connectivity index (χ2n) is 4.67. The maximum absolute atomic E-state index is 10.5. The summed E-state index contributed by atoms with van der Waals surface area (Å²) in [6.07, 6.45) is 6.88. The first-order chi connectivity index (χ1) is 8.25. The summed E-state index contributed by atoms with van der Waals surface area (Å²) < 4.78 is 1.78. The molecule has 0 bridgehead atoms. The van der Waals surface area contributed by atoms with Gasteiger partial charge in [0.2, 0.25) is 0 Å². The molecule has 0 unspecified atom stereocenters. The highest BCUT2D eigenvalue weighted by Crippen LogP contribution is 2.24. The van der Waals surface area contributed by atoms with Gasteiger partial charge in [0.1, 0.15) is 0 Å². The summed E-state index contributed by atoms with van der Waals surface area (Å²) in [5.74, 6) is 0.533. The Labute approximate surface area is 100 Å². The van der Waals surface area contributed by atoms with Gasteiger partial charge in [-0.3, -0.25) is 4.79 Å². The van der Waals surface area contributed by atoms with Gasteiger partial charge in [-0.25, -0.2) is 4.68 Å². The summed E-state index contributed by atoms with van der Waals surface area (Å²) >= 11 is 0. The lowest BCUT2D eigenvalue weighted by molar-refractivity contribution is -0.137. The molecule has 1 N–H and O–H groups in total. The number of aliphatic carboxylic acids is 1. The van der Waals surface area contributed by atoms with Crippen LogP contribution < -0.4 is 0 Å². The molecule has 1 aromatic heterocycles. The average Bonchev–Trinajstić information content (AvgIpc) is 2.75. The molecule has 0 amide bonds. The van der Waals surface area contributed by atoms with Crippen LogP contribution in [-0.4, -0.2) is 31.3 Å². The number of hydrogen-bond acceptors (Lipinski definition) is 4. The summed E-state index contributed by atoms with van der Waals surface area (Å²) in [5.41, 5.74) is 0. The zero-order valence-electron chi connectivity index (χ0n) is 9.88. The molecular weight excluding hydrogens is 220 g/mol. The molecule has 2 rings (SSSR count).